The Kier molecular flexibility index (Phi) is 58.3. The number of hydrogen-bond acceptors (Lipinski definition) is 6. The molecule has 0 rings (SSSR count). The normalized spacial score (nSPS) is 12.9. The second-order valence-corrected chi connectivity index (χ2v) is 20.2. The van der Waals surface area contributed by atoms with Crippen LogP contribution >= 0.6 is 0 Å². The number of esters is 3. The average Bonchev–Trinajstić information content (AvgIpc) is 3.40. The van der Waals surface area contributed by atoms with E-state index in [4.69, 9.17) is 14.2 Å². The monoisotopic (exact) mass is 1030 g/mol. The highest BCUT2D eigenvalue weighted by Crippen LogP contribution is 2.15. The summed E-state index contributed by atoms with van der Waals surface area (Å²) in [7, 11) is 0. The van der Waals surface area contributed by atoms with Gasteiger partial charge in [-0.05, 0) is 116 Å². The lowest BCUT2D eigenvalue weighted by Gasteiger charge is -2.18. The van der Waals surface area contributed by atoms with E-state index in [-0.39, 0.29) is 37.5 Å². The van der Waals surface area contributed by atoms with Crippen molar-refractivity contribution in [2.24, 2.45) is 0 Å². The quantitative estimate of drug-likeness (QED) is 0.0261. The van der Waals surface area contributed by atoms with E-state index in [1.165, 1.54) is 148 Å². The minimum atomic E-state index is -0.815. The van der Waals surface area contributed by atoms with Crippen LogP contribution in [0.4, 0.5) is 0 Å². The number of hydrogen-bond donors (Lipinski definition) is 0. The van der Waals surface area contributed by atoms with Crippen molar-refractivity contribution in [2.75, 3.05) is 13.2 Å². The van der Waals surface area contributed by atoms with E-state index in [2.05, 4.69) is 124 Å². The average molecular weight is 1030 g/mol. The summed E-state index contributed by atoms with van der Waals surface area (Å²) in [6, 6.07) is 0. The number of ether oxygens (including phenoxy) is 3. The first kappa shape index (κ1) is 70.1. The third-order valence-electron chi connectivity index (χ3n) is 13.0. The largest absolute Gasteiger partial charge is 0.462 e. The first-order valence-corrected chi connectivity index (χ1v) is 30.9. The fourth-order valence-corrected chi connectivity index (χ4v) is 8.38. The predicted molar refractivity (Wildman–Crippen MR) is 320 cm³/mol. The molecule has 0 aromatic heterocycles. The first-order valence-electron chi connectivity index (χ1n) is 30.9. The lowest BCUT2D eigenvalue weighted by atomic mass is 10.1. The molecule has 0 saturated heterocycles. The molecule has 0 N–H and O–H groups in total. The Morgan fingerprint density at radius 1 is 0.284 bits per heavy atom. The van der Waals surface area contributed by atoms with Gasteiger partial charge in [0.1, 0.15) is 13.2 Å². The van der Waals surface area contributed by atoms with Crippen molar-refractivity contribution in [3.63, 3.8) is 0 Å². The molecule has 0 heterocycles. The summed E-state index contributed by atoms with van der Waals surface area (Å²) < 4.78 is 16.8. The van der Waals surface area contributed by atoms with Crippen molar-refractivity contribution in [1.29, 1.82) is 0 Å². The maximum absolute atomic E-state index is 12.9. The van der Waals surface area contributed by atoms with Gasteiger partial charge in [0.2, 0.25) is 0 Å². The van der Waals surface area contributed by atoms with E-state index in [0.717, 1.165) is 89.9 Å². The molecule has 6 heteroatoms. The minimum Gasteiger partial charge on any atom is -0.462 e. The molecule has 0 aliphatic carbocycles. The fourth-order valence-electron chi connectivity index (χ4n) is 8.38. The molecule has 422 valence electrons. The standard InChI is InChI=1S/C68H114O6/c1-4-7-10-13-16-19-22-25-27-29-31-32-33-34-35-36-37-39-40-43-46-49-52-55-58-61-67(70)73-64-65(63-72-66(69)60-57-54-51-48-45-42-24-21-18-15-12-9-6-3)74-68(71)62-59-56-53-50-47-44-41-38-30-28-26-23-20-17-14-11-8-5-2/h9,12,18,20-23,25,28-31,33-34,42,45,51,54,65H,4-8,10-11,13-17,19,24,26-27,32,35-41,43-44,46-50,52-53,55-64H2,1-3H3/b12-9-,21-18-,23-20-,25-22-,30-28-,31-29-,34-33-,45-42-,54-51-. The van der Waals surface area contributed by atoms with Crippen molar-refractivity contribution in [2.45, 2.75) is 290 Å². The second-order valence-electron chi connectivity index (χ2n) is 20.2. The molecule has 0 bridgehead atoms. The van der Waals surface area contributed by atoms with Crippen molar-refractivity contribution < 1.29 is 28.6 Å². The topological polar surface area (TPSA) is 78.9 Å². The highest BCUT2D eigenvalue weighted by molar-refractivity contribution is 5.71. The molecule has 0 spiro atoms. The number of allylic oxidation sites excluding steroid dienone is 18. The summed E-state index contributed by atoms with van der Waals surface area (Å²) in [6.45, 7) is 6.43. The summed E-state index contributed by atoms with van der Waals surface area (Å²) in [6.07, 6.45) is 83.9. The van der Waals surface area contributed by atoms with Crippen LogP contribution in [0.2, 0.25) is 0 Å². The number of carbonyl (C=O) groups excluding carboxylic acids is 3. The van der Waals surface area contributed by atoms with Gasteiger partial charge in [-0.15, -0.1) is 0 Å². The molecule has 0 aromatic carbocycles. The van der Waals surface area contributed by atoms with E-state index in [0.29, 0.717) is 19.3 Å². The van der Waals surface area contributed by atoms with Crippen molar-refractivity contribution in [3.8, 4) is 0 Å². The fraction of sp³-hybridized carbons (Fsp3) is 0.691. The van der Waals surface area contributed by atoms with Crippen LogP contribution < -0.4 is 0 Å². The smallest absolute Gasteiger partial charge is 0.306 e. The maximum Gasteiger partial charge on any atom is 0.306 e. The van der Waals surface area contributed by atoms with E-state index in [1.54, 1.807) is 0 Å². The van der Waals surface area contributed by atoms with E-state index in [9.17, 15) is 14.4 Å². The number of rotatable bonds is 55. The van der Waals surface area contributed by atoms with Gasteiger partial charge in [-0.2, -0.15) is 0 Å². The molecular formula is C68H114O6. The van der Waals surface area contributed by atoms with E-state index < -0.39 is 6.10 Å². The van der Waals surface area contributed by atoms with Crippen LogP contribution in [0.3, 0.4) is 0 Å². The van der Waals surface area contributed by atoms with Gasteiger partial charge in [-0.3, -0.25) is 14.4 Å². The third-order valence-corrected chi connectivity index (χ3v) is 13.0. The Morgan fingerprint density at radius 3 is 0.919 bits per heavy atom. The predicted octanol–water partition coefficient (Wildman–Crippen LogP) is 21.0. The van der Waals surface area contributed by atoms with Crippen LogP contribution in [-0.4, -0.2) is 37.2 Å². The molecular weight excluding hydrogens is 913 g/mol. The molecule has 0 aliphatic rings. The summed E-state index contributed by atoms with van der Waals surface area (Å²) in [4.78, 5) is 38.2. The van der Waals surface area contributed by atoms with Gasteiger partial charge < -0.3 is 14.2 Å². The van der Waals surface area contributed by atoms with Crippen LogP contribution in [0.15, 0.2) is 109 Å². The molecule has 0 saturated carbocycles. The highest BCUT2D eigenvalue weighted by Gasteiger charge is 2.19. The van der Waals surface area contributed by atoms with Gasteiger partial charge in [0.15, 0.2) is 6.10 Å². The first-order chi connectivity index (χ1) is 36.5. The zero-order valence-corrected chi connectivity index (χ0v) is 48.3. The molecule has 0 radical (unpaired) electrons. The summed E-state index contributed by atoms with van der Waals surface area (Å²) in [5.74, 6) is -0.999. The number of unbranched alkanes of at least 4 members (excludes halogenated alkanes) is 26. The summed E-state index contributed by atoms with van der Waals surface area (Å²) >= 11 is 0. The van der Waals surface area contributed by atoms with Crippen LogP contribution in [0.25, 0.3) is 0 Å². The Labute approximate surface area is 457 Å². The van der Waals surface area contributed by atoms with Crippen LogP contribution in [0.5, 0.6) is 0 Å². The molecule has 74 heavy (non-hydrogen) atoms. The third kappa shape index (κ3) is 59.0. The lowest BCUT2D eigenvalue weighted by molar-refractivity contribution is -0.166. The zero-order valence-electron chi connectivity index (χ0n) is 48.3. The summed E-state index contributed by atoms with van der Waals surface area (Å²) in [5, 5.41) is 0. The van der Waals surface area contributed by atoms with Crippen molar-refractivity contribution in [1.82, 2.24) is 0 Å². The van der Waals surface area contributed by atoms with E-state index >= 15 is 0 Å². The van der Waals surface area contributed by atoms with Gasteiger partial charge in [-0.25, -0.2) is 0 Å². The molecule has 6 nitrogen and oxygen atoms in total. The Bertz CT molecular complexity index is 1510. The number of carbonyl (C=O) groups is 3. The second kappa shape index (κ2) is 61.6. The van der Waals surface area contributed by atoms with Gasteiger partial charge >= 0.3 is 17.9 Å². The lowest BCUT2D eigenvalue weighted by Crippen LogP contribution is -2.30. The molecule has 1 atom stereocenters. The Balaban J connectivity index is 4.39. The molecule has 0 fully saturated rings. The van der Waals surface area contributed by atoms with Crippen LogP contribution in [0.1, 0.15) is 284 Å². The van der Waals surface area contributed by atoms with Crippen molar-refractivity contribution in [3.05, 3.63) is 109 Å². The van der Waals surface area contributed by atoms with Gasteiger partial charge in [0.25, 0.3) is 0 Å². The minimum absolute atomic E-state index is 0.106. The van der Waals surface area contributed by atoms with Crippen molar-refractivity contribution >= 4 is 17.9 Å². The molecule has 1 unspecified atom stereocenters. The van der Waals surface area contributed by atoms with Crippen LogP contribution in [-0.2, 0) is 28.6 Å². The summed E-state index contributed by atoms with van der Waals surface area (Å²) in [5.41, 5.74) is 0. The Hall–Kier alpha value is -3.93. The SMILES string of the molecule is CC/C=C\C/C=C\C/C=C\C/C=C\CCC(=O)OCC(COC(=O)CCCCCCCCCCCC/C=C\C/C=C\C/C=C\CCCCCCC)OC(=O)CCCCCCCCC/C=C\C/C=C\CCCCCC. The zero-order chi connectivity index (χ0) is 53.6. The van der Waals surface area contributed by atoms with Gasteiger partial charge in [0.05, 0.1) is 0 Å². The van der Waals surface area contributed by atoms with Crippen LogP contribution in [0, 0.1) is 0 Å². The molecule has 0 aromatic rings. The van der Waals surface area contributed by atoms with Gasteiger partial charge in [-0.1, -0.05) is 259 Å². The molecule has 0 amide bonds. The highest BCUT2D eigenvalue weighted by atomic mass is 16.6. The maximum atomic E-state index is 12.9. The molecule has 0 aliphatic heterocycles. The van der Waals surface area contributed by atoms with Gasteiger partial charge in [0, 0.05) is 19.3 Å². The Morgan fingerprint density at radius 2 is 0.554 bits per heavy atom. The van der Waals surface area contributed by atoms with E-state index in [1.807, 2.05) is 6.08 Å².